The summed E-state index contributed by atoms with van der Waals surface area (Å²) in [6.45, 7) is 6.57. The first kappa shape index (κ1) is 19.7. The summed E-state index contributed by atoms with van der Waals surface area (Å²) in [6.07, 6.45) is 11.0. The highest BCUT2D eigenvalue weighted by molar-refractivity contribution is 6.54. The van der Waals surface area contributed by atoms with Gasteiger partial charge in [0.1, 0.15) is 12.3 Å². The highest BCUT2D eigenvalue weighted by atomic mass is 16.4. The molecule has 0 aromatic carbocycles. The number of tetrazole rings is 1. The second kappa shape index (κ2) is 10.4. The van der Waals surface area contributed by atoms with Gasteiger partial charge in [0, 0.05) is 0 Å². The highest BCUT2D eigenvalue weighted by Gasteiger charge is 2.28. The van der Waals surface area contributed by atoms with E-state index < -0.39 is 5.97 Å². The smallest absolute Gasteiger partial charge is 0.325 e. The van der Waals surface area contributed by atoms with Gasteiger partial charge in [-0.1, -0.05) is 78.6 Å². The quantitative estimate of drug-likeness (QED) is 0.446. The van der Waals surface area contributed by atoms with E-state index in [2.05, 4.69) is 36.3 Å². The van der Waals surface area contributed by atoms with Crippen LogP contribution in [0.2, 0.25) is 5.31 Å². The zero-order valence-corrected chi connectivity index (χ0v) is 14.9. The van der Waals surface area contributed by atoms with Crippen LogP contribution >= 0.6 is 0 Å². The van der Waals surface area contributed by atoms with Crippen LogP contribution in [0.5, 0.6) is 0 Å². The summed E-state index contributed by atoms with van der Waals surface area (Å²) in [7, 11) is 0.753. The van der Waals surface area contributed by atoms with Crippen molar-refractivity contribution in [2.45, 2.75) is 90.4 Å². The molecule has 0 bridgehead atoms. The Bertz CT molecular complexity index is 467. The molecule has 1 rings (SSSR count). The van der Waals surface area contributed by atoms with Crippen LogP contribution in [0.3, 0.4) is 0 Å². The zero-order valence-electron chi connectivity index (χ0n) is 14.9. The number of unbranched alkanes of at least 4 members (excludes halogenated alkanes) is 5. The van der Waals surface area contributed by atoms with Gasteiger partial charge in [-0.25, -0.2) is 4.68 Å². The van der Waals surface area contributed by atoms with Crippen molar-refractivity contribution in [3.05, 3.63) is 0 Å². The van der Waals surface area contributed by atoms with Crippen molar-refractivity contribution in [1.29, 1.82) is 0 Å². The lowest BCUT2D eigenvalue weighted by Crippen LogP contribution is -2.36. The van der Waals surface area contributed by atoms with E-state index in [1.165, 1.54) is 49.6 Å². The summed E-state index contributed by atoms with van der Waals surface area (Å²) >= 11 is 0. The molecule has 1 heterocycles. The number of aromatic nitrogens is 4. The van der Waals surface area contributed by atoms with Gasteiger partial charge in [0.2, 0.25) is 7.28 Å². The van der Waals surface area contributed by atoms with E-state index in [0.717, 1.165) is 20.1 Å². The third kappa shape index (κ3) is 7.61. The molecular weight excluding hydrogens is 291 g/mol. The normalized spacial score (nSPS) is 13.7. The van der Waals surface area contributed by atoms with Gasteiger partial charge in [0.15, 0.2) is 0 Å². The molecule has 0 aliphatic carbocycles. The fraction of sp³-hybridized carbons (Fsp3) is 0.875. The second-order valence-corrected chi connectivity index (χ2v) is 6.90. The van der Waals surface area contributed by atoms with Crippen molar-refractivity contribution in [3.63, 3.8) is 0 Å². The van der Waals surface area contributed by atoms with Gasteiger partial charge in [0.25, 0.3) is 0 Å². The number of aliphatic carboxylic acids is 1. The van der Waals surface area contributed by atoms with Crippen molar-refractivity contribution in [3.8, 4) is 0 Å². The van der Waals surface area contributed by atoms with Crippen LogP contribution in [0.25, 0.3) is 0 Å². The second-order valence-electron chi connectivity index (χ2n) is 6.90. The topological polar surface area (TPSA) is 80.9 Å². The lowest BCUT2D eigenvalue weighted by atomic mass is 9.49. The van der Waals surface area contributed by atoms with E-state index in [-0.39, 0.29) is 11.9 Å². The molecule has 6 nitrogen and oxygen atoms in total. The molecule has 23 heavy (non-hydrogen) atoms. The van der Waals surface area contributed by atoms with Crippen molar-refractivity contribution in [2.75, 3.05) is 0 Å². The van der Waals surface area contributed by atoms with E-state index in [4.69, 9.17) is 5.11 Å². The largest absolute Gasteiger partial charge is 0.480 e. The van der Waals surface area contributed by atoms with Crippen molar-refractivity contribution in [2.24, 2.45) is 0 Å². The van der Waals surface area contributed by atoms with Crippen molar-refractivity contribution >= 4 is 19.0 Å². The SMILES string of the molecule is CCCCCCC(C)(Bc1nnnn1CC(=O)O)CCCCC. The molecule has 0 radical (unpaired) electrons. The van der Waals surface area contributed by atoms with E-state index in [0.29, 0.717) is 5.72 Å². The van der Waals surface area contributed by atoms with Crippen LogP contribution in [-0.4, -0.2) is 38.6 Å². The first-order valence-corrected chi connectivity index (χ1v) is 8.97. The Balaban J connectivity index is 2.70. The number of carboxylic acid groups (broad SMARTS) is 1. The molecule has 1 unspecified atom stereocenters. The Labute approximate surface area is 140 Å². The van der Waals surface area contributed by atoms with Crippen LogP contribution in [0.1, 0.15) is 78.6 Å². The van der Waals surface area contributed by atoms with Crippen LogP contribution in [0, 0.1) is 0 Å². The lowest BCUT2D eigenvalue weighted by molar-refractivity contribution is -0.137. The Morgan fingerprint density at radius 3 is 2.35 bits per heavy atom. The predicted octanol–water partition coefficient (Wildman–Crippen LogP) is 2.55. The Kier molecular flexibility index (Phi) is 8.88. The molecule has 0 saturated carbocycles. The van der Waals surface area contributed by atoms with Gasteiger partial charge in [-0.05, 0) is 15.7 Å². The van der Waals surface area contributed by atoms with Crippen molar-refractivity contribution < 1.29 is 9.90 Å². The molecule has 1 aromatic rings. The van der Waals surface area contributed by atoms with Gasteiger partial charge in [0.05, 0.1) is 0 Å². The molecule has 130 valence electrons. The Morgan fingerprint density at radius 1 is 1.13 bits per heavy atom. The molecule has 1 aromatic heterocycles. The molecule has 0 spiro atoms. The molecule has 7 heteroatoms. The number of carboxylic acids is 1. The van der Waals surface area contributed by atoms with E-state index in [9.17, 15) is 4.79 Å². The van der Waals surface area contributed by atoms with Gasteiger partial charge < -0.3 is 5.11 Å². The number of hydrogen-bond donors (Lipinski definition) is 1. The first-order chi connectivity index (χ1) is 11.0. The molecule has 1 N–H and O–H groups in total. The lowest BCUT2D eigenvalue weighted by Gasteiger charge is -2.28. The summed E-state index contributed by atoms with van der Waals surface area (Å²) < 4.78 is 1.42. The fourth-order valence-corrected chi connectivity index (χ4v) is 3.06. The Hall–Kier alpha value is -1.40. The van der Waals surface area contributed by atoms with E-state index in [1.54, 1.807) is 0 Å². The highest BCUT2D eigenvalue weighted by Crippen LogP contribution is 2.37. The monoisotopic (exact) mass is 322 g/mol. The summed E-state index contributed by atoms with van der Waals surface area (Å²) in [5.41, 5.74) is 0.696. The van der Waals surface area contributed by atoms with Crippen LogP contribution < -0.4 is 5.72 Å². The van der Waals surface area contributed by atoms with Crippen LogP contribution in [0.15, 0.2) is 0 Å². The minimum Gasteiger partial charge on any atom is -0.480 e. The minimum atomic E-state index is -0.908. The maximum atomic E-state index is 10.9. The molecule has 1 atom stereocenters. The molecule has 0 fully saturated rings. The standard InChI is InChI=1S/C16H31BN4O2/c1-4-6-8-10-12-16(3,11-9-7-5-2)17-15-18-19-20-21(15)13-14(22)23/h17H,4-13H2,1-3H3,(H,22,23). The molecule has 0 saturated heterocycles. The first-order valence-electron chi connectivity index (χ1n) is 8.97. The Morgan fingerprint density at radius 2 is 1.74 bits per heavy atom. The zero-order chi connectivity index (χ0) is 17.1. The maximum absolute atomic E-state index is 10.9. The number of rotatable bonds is 13. The van der Waals surface area contributed by atoms with Crippen LogP contribution in [0.4, 0.5) is 0 Å². The van der Waals surface area contributed by atoms with Crippen molar-refractivity contribution in [1.82, 2.24) is 20.2 Å². The summed E-state index contributed by atoms with van der Waals surface area (Å²) in [6, 6.07) is 0. The molecular formula is C16H31BN4O2. The molecule has 0 amide bonds. The average Bonchev–Trinajstić information content (AvgIpc) is 2.90. The average molecular weight is 322 g/mol. The third-order valence-electron chi connectivity index (χ3n) is 4.49. The van der Waals surface area contributed by atoms with Gasteiger partial charge in [-0.15, -0.1) is 5.10 Å². The minimum absolute atomic E-state index is 0.147. The van der Waals surface area contributed by atoms with E-state index in [1.807, 2.05) is 0 Å². The van der Waals surface area contributed by atoms with E-state index >= 15 is 0 Å². The van der Waals surface area contributed by atoms with Gasteiger partial charge >= 0.3 is 5.97 Å². The summed E-state index contributed by atoms with van der Waals surface area (Å²) in [5.74, 6) is -0.908. The molecule has 0 aliphatic heterocycles. The molecule has 0 aliphatic rings. The van der Waals surface area contributed by atoms with Gasteiger partial charge in [-0.2, -0.15) is 0 Å². The maximum Gasteiger partial charge on any atom is 0.325 e. The number of nitrogens with zero attached hydrogens (tertiary/aromatic N) is 4. The fourth-order valence-electron chi connectivity index (χ4n) is 3.06. The predicted molar refractivity (Wildman–Crippen MR) is 93.5 cm³/mol. The summed E-state index contributed by atoms with van der Waals surface area (Å²) in [5, 5.41) is 20.7. The summed E-state index contributed by atoms with van der Waals surface area (Å²) in [4.78, 5) is 10.9. The number of hydrogen-bond acceptors (Lipinski definition) is 4. The number of carbonyl (C=O) groups is 1. The van der Waals surface area contributed by atoms with Crippen LogP contribution in [-0.2, 0) is 11.3 Å². The van der Waals surface area contributed by atoms with Gasteiger partial charge in [-0.3, -0.25) is 4.79 Å². The third-order valence-corrected chi connectivity index (χ3v) is 4.49.